The average molecular weight is 415 g/mol. The summed E-state index contributed by atoms with van der Waals surface area (Å²) in [6.45, 7) is 6.44. The Morgan fingerprint density at radius 2 is 1.59 bits per heavy atom. The Morgan fingerprint density at radius 3 is 2.34 bits per heavy atom. The number of hydrogen-bond donors (Lipinski definition) is 0. The van der Waals surface area contributed by atoms with Crippen molar-refractivity contribution in [3.8, 4) is 0 Å². The predicted octanol–water partition coefficient (Wildman–Crippen LogP) is 4.45. The van der Waals surface area contributed by atoms with Crippen molar-refractivity contribution in [2.24, 2.45) is 0 Å². The standard InChI is InChI=1S/C23H26O5S/c1-14-9-11-16(12-10-14)29-22-20-19(27-23(2,3)28-20)18-17(25-22)13-24-21(26-18)15-7-5-4-6-8-15/h4-12,17-22H,13H2,1-3H3/t17-,18-,19+,20-,21?,22+/m1/s1. The summed E-state index contributed by atoms with van der Waals surface area (Å²) in [5.41, 5.74) is 2.04. The Kier molecular flexibility index (Phi) is 5.18. The summed E-state index contributed by atoms with van der Waals surface area (Å²) in [5, 5.41) is 0. The number of thioether (sulfide) groups is 1. The van der Waals surface area contributed by atoms with E-state index in [-0.39, 0.29) is 29.9 Å². The lowest BCUT2D eigenvalue weighted by Gasteiger charge is -2.46. The van der Waals surface area contributed by atoms with Gasteiger partial charge in [0.05, 0.1) is 6.61 Å². The second kappa shape index (κ2) is 7.69. The Morgan fingerprint density at radius 1 is 0.862 bits per heavy atom. The number of fused-ring (bicyclic) bond motifs is 3. The highest BCUT2D eigenvalue weighted by Crippen LogP contribution is 2.46. The van der Waals surface area contributed by atoms with Crippen LogP contribution in [0.3, 0.4) is 0 Å². The van der Waals surface area contributed by atoms with Crippen molar-refractivity contribution in [1.82, 2.24) is 0 Å². The van der Waals surface area contributed by atoms with Crippen LogP contribution in [-0.2, 0) is 23.7 Å². The molecule has 0 saturated carbocycles. The maximum atomic E-state index is 6.42. The van der Waals surface area contributed by atoms with Gasteiger partial charge in [0.1, 0.15) is 29.9 Å². The molecule has 0 spiro atoms. The van der Waals surface area contributed by atoms with Crippen molar-refractivity contribution < 1.29 is 23.7 Å². The minimum absolute atomic E-state index is 0.189. The van der Waals surface area contributed by atoms with E-state index in [4.69, 9.17) is 23.7 Å². The van der Waals surface area contributed by atoms with Gasteiger partial charge in [-0.3, -0.25) is 0 Å². The summed E-state index contributed by atoms with van der Waals surface area (Å²) >= 11 is 1.67. The first-order chi connectivity index (χ1) is 14.0. The number of rotatable bonds is 3. The molecular formula is C23H26O5S. The van der Waals surface area contributed by atoms with Crippen LogP contribution >= 0.6 is 11.8 Å². The number of ether oxygens (including phenoxy) is 5. The molecule has 6 heteroatoms. The van der Waals surface area contributed by atoms with Crippen LogP contribution in [0.1, 0.15) is 31.3 Å². The third-order valence-corrected chi connectivity index (χ3v) is 6.62. The zero-order valence-corrected chi connectivity index (χ0v) is 17.6. The molecule has 154 valence electrons. The molecule has 3 fully saturated rings. The van der Waals surface area contributed by atoms with E-state index >= 15 is 0 Å². The first-order valence-electron chi connectivity index (χ1n) is 10.0. The van der Waals surface area contributed by atoms with Crippen molar-refractivity contribution in [3.63, 3.8) is 0 Å². The van der Waals surface area contributed by atoms with Crippen molar-refractivity contribution in [1.29, 1.82) is 0 Å². The molecule has 0 aliphatic carbocycles. The smallest absolute Gasteiger partial charge is 0.184 e. The molecule has 3 heterocycles. The molecule has 0 radical (unpaired) electrons. The van der Waals surface area contributed by atoms with E-state index < -0.39 is 12.1 Å². The molecule has 2 aromatic carbocycles. The van der Waals surface area contributed by atoms with E-state index in [9.17, 15) is 0 Å². The van der Waals surface area contributed by atoms with E-state index in [1.165, 1.54) is 5.56 Å². The second-order valence-corrected chi connectivity index (χ2v) is 9.39. The lowest BCUT2D eigenvalue weighted by molar-refractivity contribution is -0.307. The van der Waals surface area contributed by atoms with Gasteiger partial charge in [-0.05, 0) is 32.9 Å². The van der Waals surface area contributed by atoms with Gasteiger partial charge < -0.3 is 23.7 Å². The molecule has 2 aromatic rings. The van der Waals surface area contributed by atoms with Crippen LogP contribution in [0.4, 0.5) is 0 Å². The van der Waals surface area contributed by atoms with E-state index in [1.807, 2.05) is 44.2 Å². The van der Waals surface area contributed by atoms with Gasteiger partial charge in [0.25, 0.3) is 0 Å². The zero-order chi connectivity index (χ0) is 20.0. The van der Waals surface area contributed by atoms with Crippen LogP contribution in [0.2, 0.25) is 0 Å². The third-order valence-electron chi connectivity index (χ3n) is 5.47. The quantitative estimate of drug-likeness (QED) is 0.740. The summed E-state index contributed by atoms with van der Waals surface area (Å²) in [6, 6.07) is 18.4. The average Bonchev–Trinajstić information content (AvgIpc) is 3.06. The van der Waals surface area contributed by atoms with E-state index in [2.05, 4.69) is 31.2 Å². The van der Waals surface area contributed by atoms with Gasteiger partial charge >= 0.3 is 0 Å². The monoisotopic (exact) mass is 414 g/mol. The molecule has 29 heavy (non-hydrogen) atoms. The molecule has 5 rings (SSSR count). The fraction of sp³-hybridized carbons (Fsp3) is 0.478. The molecule has 3 aliphatic rings. The molecule has 0 N–H and O–H groups in total. The van der Waals surface area contributed by atoms with Gasteiger partial charge in [0, 0.05) is 10.5 Å². The van der Waals surface area contributed by atoms with Crippen molar-refractivity contribution in [2.45, 2.75) is 67.6 Å². The van der Waals surface area contributed by atoms with Crippen molar-refractivity contribution in [2.75, 3.05) is 6.61 Å². The van der Waals surface area contributed by atoms with Gasteiger partial charge in [-0.25, -0.2) is 0 Å². The first-order valence-corrected chi connectivity index (χ1v) is 10.9. The normalized spacial score (nSPS) is 35.7. The molecular weight excluding hydrogens is 388 g/mol. The van der Waals surface area contributed by atoms with Gasteiger partial charge in [0.15, 0.2) is 12.1 Å². The SMILES string of the molecule is Cc1ccc(S[C@@H]2O[C@@H]3COC(c4ccccc4)O[C@H]3[C@@H]3OC(C)(C)O[C@H]32)cc1. The van der Waals surface area contributed by atoms with E-state index in [0.717, 1.165) is 10.5 Å². The fourth-order valence-corrected chi connectivity index (χ4v) is 5.22. The Hall–Kier alpha value is -1.41. The number of aryl methyl sites for hydroxylation is 1. The number of benzene rings is 2. The highest BCUT2D eigenvalue weighted by Gasteiger charge is 2.57. The van der Waals surface area contributed by atoms with Crippen LogP contribution in [0, 0.1) is 6.92 Å². The van der Waals surface area contributed by atoms with Crippen LogP contribution in [0.5, 0.6) is 0 Å². The number of hydrogen-bond acceptors (Lipinski definition) is 6. The van der Waals surface area contributed by atoms with Crippen LogP contribution < -0.4 is 0 Å². The van der Waals surface area contributed by atoms with Crippen molar-refractivity contribution in [3.05, 3.63) is 65.7 Å². The molecule has 1 unspecified atom stereocenters. The molecule has 0 amide bonds. The third kappa shape index (κ3) is 3.98. The summed E-state index contributed by atoms with van der Waals surface area (Å²) in [4.78, 5) is 1.14. The Labute approximate surface area is 175 Å². The molecule has 0 bridgehead atoms. The van der Waals surface area contributed by atoms with Gasteiger partial charge in [0.2, 0.25) is 0 Å². The minimum Gasteiger partial charge on any atom is -0.356 e. The lowest BCUT2D eigenvalue weighted by Crippen LogP contribution is -2.59. The second-order valence-electron chi connectivity index (χ2n) is 8.22. The lowest BCUT2D eigenvalue weighted by atomic mass is 9.99. The highest BCUT2D eigenvalue weighted by molar-refractivity contribution is 7.99. The molecule has 6 atom stereocenters. The largest absolute Gasteiger partial charge is 0.356 e. The highest BCUT2D eigenvalue weighted by atomic mass is 32.2. The van der Waals surface area contributed by atoms with Crippen molar-refractivity contribution >= 4 is 11.8 Å². The minimum atomic E-state index is -0.677. The predicted molar refractivity (Wildman–Crippen MR) is 110 cm³/mol. The topological polar surface area (TPSA) is 46.2 Å². The first kappa shape index (κ1) is 19.5. The summed E-state index contributed by atoms with van der Waals surface area (Å²) < 4.78 is 31.3. The molecule has 3 saturated heterocycles. The Balaban J connectivity index is 1.38. The summed E-state index contributed by atoms with van der Waals surface area (Å²) in [6.07, 6.45) is -1.28. The van der Waals surface area contributed by atoms with Crippen LogP contribution in [0.15, 0.2) is 59.5 Å². The van der Waals surface area contributed by atoms with Crippen LogP contribution in [0.25, 0.3) is 0 Å². The molecule has 5 nitrogen and oxygen atoms in total. The zero-order valence-electron chi connectivity index (χ0n) is 16.8. The molecule has 3 aliphatic heterocycles. The van der Waals surface area contributed by atoms with Gasteiger partial charge in [-0.2, -0.15) is 0 Å². The maximum absolute atomic E-state index is 6.42. The van der Waals surface area contributed by atoms with Gasteiger partial charge in [-0.1, -0.05) is 59.8 Å². The maximum Gasteiger partial charge on any atom is 0.184 e. The van der Waals surface area contributed by atoms with E-state index in [0.29, 0.717) is 6.61 Å². The summed E-state index contributed by atoms with van der Waals surface area (Å²) in [5.74, 6) is -0.677. The Bertz CT molecular complexity index is 840. The van der Waals surface area contributed by atoms with Gasteiger partial charge in [-0.15, -0.1) is 0 Å². The van der Waals surface area contributed by atoms with Crippen LogP contribution in [-0.4, -0.2) is 42.2 Å². The molecule has 0 aromatic heterocycles. The van der Waals surface area contributed by atoms with E-state index in [1.54, 1.807) is 11.8 Å². The fourth-order valence-electron chi connectivity index (χ4n) is 4.11. The summed E-state index contributed by atoms with van der Waals surface area (Å²) in [7, 11) is 0.